The summed E-state index contributed by atoms with van der Waals surface area (Å²) >= 11 is 2.02. The third-order valence-electron chi connectivity index (χ3n) is 3.62. The van der Waals surface area contributed by atoms with Gasteiger partial charge in [-0.1, -0.05) is 13.8 Å². The Kier molecular flexibility index (Phi) is 4.25. The molecule has 0 aliphatic carbocycles. The van der Waals surface area contributed by atoms with Gasteiger partial charge in [-0.25, -0.2) is 4.39 Å². The topological polar surface area (TPSA) is 20.3 Å². The van der Waals surface area contributed by atoms with Gasteiger partial charge < -0.3 is 4.90 Å². The minimum Gasteiger partial charge on any atom is -0.338 e. The van der Waals surface area contributed by atoms with Gasteiger partial charge in [-0.2, -0.15) is 0 Å². The summed E-state index contributed by atoms with van der Waals surface area (Å²) in [7, 11) is 0. The zero-order chi connectivity index (χ0) is 13.3. The van der Waals surface area contributed by atoms with Crippen molar-refractivity contribution in [3.05, 3.63) is 33.1 Å². The first-order valence-electron chi connectivity index (χ1n) is 6.23. The van der Waals surface area contributed by atoms with Crippen LogP contribution in [0.2, 0.25) is 0 Å². The Labute approximate surface area is 121 Å². The van der Waals surface area contributed by atoms with Gasteiger partial charge >= 0.3 is 0 Å². The van der Waals surface area contributed by atoms with Crippen molar-refractivity contribution in [3.8, 4) is 0 Å². The average molecular weight is 361 g/mol. The standard InChI is InChI=1S/C14H17FINO/c1-9(2)10-5-6-17(8-10)14(18)12-4-3-11(15)7-13(12)16/h3-4,7,9-10H,5-6,8H2,1-2H3. The maximum absolute atomic E-state index is 13.0. The highest BCUT2D eigenvalue weighted by Crippen LogP contribution is 2.26. The fourth-order valence-corrected chi connectivity index (χ4v) is 3.06. The number of carbonyl (C=O) groups is 1. The fraction of sp³-hybridized carbons (Fsp3) is 0.500. The summed E-state index contributed by atoms with van der Waals surface area (Å²) in [4.78, 5) is 14.2. The molecular weight excluding hydrogens is 344 g/mol. The Hall–Kier alpha value is -0.650. The second kappa shape index (κ2) is 5.55. The van der Waals surface area contributed by atoms with E-state index in [1.807, 2.05) is 27.5 Å². The molecule has 0 saturated carbocycles. The molecule has 2 rings (SSSR count). The minimum absolute atomic E-state index is 0.0301. The maximum Gasteiger partial charge on any atom is 0.254 e. The molecule has 1 amide bonds. The summed E-state index contributed by atoms with van der Waals surface area (Å²) in [6, 6.07) is 4.34. The van der Waals surface area contributed by atoms with E-state index < -0.39 is 0 Å². The maximum atomic E-state index is 13.0. The summed E-state index contributed by atoms with van der Waals surface area (Å²) in [5.41, 5.74) is 0.612. The van der Waals surface area contributed by atoms with Crippen LogP contribution in [0.4, 0.5) is 4.39 Å². The Morgan fingerprint density at radius 3 is 2.78 bits per heavy atom. The minimum atomic E-state index is -0.294. The fourth-order valence-electron chi connectivity index (χ4n) is 2.35. The van der Waals surface area contributed by atoms with Gasteiger partial charge in [0.15, 0.2) is 0 Å². The lowest BCUT2D eigenvalue weighted by Crippen LogP contribution is -2.30. The second-order valence-electron chi connectivity index (χ2n) is 5.17. The van der Waals surface area contributed by atoms with Gasteiger partial charge in [-0.05, 0) is 59.0 Å². The molecule has 0 N–H and O–H groups in total. The Bertz CT molecular complexity index is 461. The number of hydrogen-bond donors (Lipinski definition) is 0. The zero-order valence-corrected chi connectivity index (χ0v) is 12.8. The quantitative estimate of drug-likeness (QED) is 0.738. The van der Waals surface area contributed by atoms with E-state index in [0.717, 1.165) is 19.5 Å². The van der Waals surface area contributed by atoms with Gasteiger partial charge in [0.05, 0.1) is 5.56 Å². The molecular formula is C14H17FINO. The van der Waals surface area contributed by atoms with Crippen molar-refractivity contribution in [1.82, 2.24) is 4.90 Å². The van der Waals surface area contributed by atoms with Crippen LogP contribution in [-0.2, 0) is 0 Å². The van der Waals surface area contributed by atoms with E-state index in [9.17, 15) is 9.18 Å². The number of carbonyl (C=O) groups excluding carboxylic acids is 1. The summed E-state index contributed by atoms with van der Waals surface area (Å²) in [5.74, 6) is 0.933. The van der Waals surface area contributed by atoms with Crippen molar-refractivity contribution >= 4 is 28.5 Å². The van der Waals surface area contributed by atoms with E-state index in [1.54, 1.807) is 6.07 Å². The molecule has 0 bridgehead atoms. The smallest absolute Gasteiger partial charge is 0.254 e. The number of halogens is 2. The Balaban J connectivity index is 2.13. The highest BCUT2D eigenvalue weighted by molar-refractivity contribution is 14.1. The van der Waals surface area contributed by atoms with Crippen molar-refractivity contribution in [3.63, 3.8) is 0 Å². The molecule has 0 aromatic heterocycles. The van der Waals surface area contributed by atoms with E-state index in [2.05, 4.69) is 13.8 Å². The van der Waals surface area contributed by atoms with Crippen molar-refractivity contribution in [2.45, 2.75) is 20.3 Å². The number of benzene rings is 1. The van der Waals surface area contributed by atoms with Crippen molar-refractivity contribution in [2.24, 2.45) is 11.8 Å². The van der Waals surface area contributed by atoms with Crippen LogP contribution >= 0.6 is 22.6 Å². The molecule has 1 heterocycles. The van der Waals surface area contributed by atoms with Crippen molar-refractivity contribution < 1.29 is 9.18 Å². The lowest BCUT2D eigenvalue weighted by molar-refractivity contribution is 0.0783. The molecule has 0 radical (unpaired) electrons. The first-order valence-corrected chi connectivity index (χ1v) is 7.31. The van der Waals surface area contributed by atoms with Gasteiger partial charge in [0.25, 0.3) is 5.91 Å². The lowest BCUT2D eigenvalue weighted by atomic mass is 9.95. The van der Waals surface area contributed by atoms with Crippen LogP contribution in [0.25, 0.3) is 0 Å². The van der Waals surface area contributed by atoms with Crippen LogP contribution in [0.15, 0.2) is 18.2 Å². The molecule has 1 aliphatic heterocycles. The number of rotatable bonds is 2. The molecule has 1 saturated heterocycles. The molecule has 1 atom stereocenters. The van der Waals surface area contributed by atoms with Crippen LogP contribution in [-0.4, -0.2) is 23.9 Å². The molecule has 18 heavy (non-hydrogen) atoms. The zero-order valence-electron chi connectivity index (χ0n) is 10.6. The van der Waals surface area contributed by atoms with E-state index in [-0.39, 0.29) is 11.7 Å². The monoisotopic (exact) mass is 361 g/mol. The Morgan fingerprint density at radius 2 is 2.22 bits per heavy atom. The lowest BCUT2D eigenvalue weighted by Gasteiger charge is -2.18. The summed E-state index contributed by atoms with van der Waals surface area (Å²) in [6.45, 7) is 6.03. The highest BCUT2D eigenvalue weighted by atomic mass is 127. The summed E-state index contributed by atoms with van der Waals surface area (Å²) in [6.07, 6.45) is 1.07. The highest BCUT2D eigenvalue weighted by Gasteiger charge is 2.29. The van der Waals surface area contributed by atoms with E-state index in [0.29, 0.717) is 21.0 Å². The SMILES string of the molecule is CC(C)C1CCN(C(=O)c2ccc(F)cc2I)C1. The first kappa shape index (κ1) is 13.8. The predicted molar refractivity (Wildman–Crippen MR) is 78.0 cm³/mol. The van der Waals surface area contributed by atoms with E-state index in [4.69, 9.17) is 0 Å². The number of amides is 1. The third kappa shape index (κ3) is 2.84. The molecule has 1 aliphatic rings. The molecule has 98 valence electrons. The predicted octanol–water partition coefficient (Wildman–Crippen LogP) is 3.55. The van der Waals surface area contributed by atoms with Gasteiger partial charge in [-0.3, -0.25) is 4.79 Å². The normalized spacial score (nSPS) is 19.6. The van der Waals surface area contributed by atoms with Gasteiger partial charge in [0.2, 0.25) is 0 Å². The molecule has 1 unspecified atom stereocenters. The molecule has 0 spiro atoms. The Morgan fingerprint density at radius 1 is 1.50 bits per heavy atom. The van der Waals surface area contributed by atoms with Crippen molar-refractivity contribution in [1.29, 1.82) is 0 Å². The molecule has 1 aromatic rings. The number of likely N-dealkylation sites (tertiary alicyclic amines) is 1. The molecule has 1 aromatic carbocycles. The van der Waals surface area contributed by atoms with Gasteiger partial charge in [-0.15, -0.1) is 0 Å². The number of nitrogens with zero attached hydrogens (tertiary/aromatic N) is 1. The van der Waals surface area contributed by atoms with Crippen LogP contribution < -0.4 is 0 Å². The number of hydrogen-bond acceptors (Lipinski definition) is 1. The third-order valence-corrected chi connectivity index (χ3v) is 4.51. The largest absolute Gasteiger partial charge is 0.338 e. The van der Waals surface area contributed by atoms with Crippen LogP contribution in [0, 0.1) is 21.2 Å². The molecule has 2 nitrogen and oxygen atoms in total. The van der Waals surface area contributed by atoms with Crippen LogP contribution in [0.1, 0.15) is 30.6 Å². The molecule has 4 heteroatoms. The van der Waals surface area contributed by atoms with Gasteiger partial charge in [0, 0.05) is 16.7 Å². The van der Waals surface area contributed by atoms with E-state index >= 15 is 0 Å². The van der Waals surface area contributed by atoms with E-state index in [1.165, 1.54) is 12.1 Å². The van der Waals surface area contributed by atoms with Crippen LogP contribution in [0.3, 0.4) is 0 Å². The average Bonchev–Trinajstić information content (AvgIpc) is 2.77. The van der Waals surface area contributed by atoms with Crippen LogP contribution in [0.5, 0.6) is 0 Å². The summed E-state index contributed by atoms with van der Waals surface area (Å²) < 4.78 is 13.7. The second-order valence-corrected chi connectivity index (χ2v) is 6.33. The first-order chi connectivity index (χ1) is 8.49. The van der Waals surface area contributed by atoms with Gasteiger partial charge in [0.1, 0.15) is 5.82 Å². The summed E-state index contributed by atoms with van der Waals surface area (Å²) in [5, 5.41) is 0. The molecule has 1 fully saturated rings. The van der Waals surface area contributed by atoms with Crippen molar-refractivity contribution in [2.75, 3.05) is 13.1 Å².